The predicted molar refractivity (Wildman–Crippen MR) is 92.5 cm³/mol. The van der Waals surface area contributed by atoms with E-state index in [1.807, 2.05) is 0 Å². The van der Waals surface area contributed by atoms with Gasteiger partial charge < -0.3 is 19.4 Å². The minimum atomic E-state index is -1.02. The van der Waals surface area contributed by atoms with Gasteiger partial charge in [-0.3, -0.25) is 10.6 Å². The second-order valence-corrected chi connectivity index (χ2v) is 7.75. The van der Waals surface area contributed by atoms with Crippen LogP contribution < -0.4 is 15.4 Å². The first-order chi connectivity index (χ1) is 12.8. The van der Waals surface area contributed by atoms with Gasteiger partial charge in [-0.2, -0.15) is 0 Å². The Morgan fingerprint density at radius 2 is 1.96 bits per heavy atom. The van der Waals surface area contributed by atoms with Gasteiger partial charge in [-0.1, -0.05) is 11.6 Å². The quantitative estimate of drug-likeness (QED) is 0.494. The van der Waals surface area contributed by atoms with Crippen LogP contribution in [0.1, 0.15) is 37.3 Å². The van der Waals surface area contributed by atoms with Gasteiger partial charge in [0, 0.05) is 24.1 Å². The van der Waals surface area contributed by atoms with Gasteiger partial charge in [-0.25, -0.2) is 4.39 Å². The lowest BCUT2D eigenvalue weighted by molar-refractivity contribution is -0.153. The molecule has 2 aromatic rings. The van der Waals surface area contributed by atoms with Crippen molar-refractivity contribution < 1.29 is 23.8 Å². The first-order valence-electron chi connectivity index (χ1n) is 8.58. The molecular formula is C17H20ClFN4O4. The molecule has 146 valence electrons. The van der Waals surface area contributed by atoms with Gasteiger partial charge in [0.2, 0.25) is 5.89 Å². The van der Waals surface area contributed by atoms with Gasteiger partial charge in [0.1, 0.15) is 24.4 Å². The van der Waals surface area contributed by atoms with E-state index in [-0.39, 0.29) is 28.6 Å². The van der Waals surface area contributed by atoms with Crippen LogP contribution in [0.25, 0.3) is 0 Å². The summed E-state index contributed by atoms with van der Waals surface area (Å²) in [6.07, 6.45) is 0.327. The van der Waals surface area contributed by atoms with Gasteiger partial charge in [0.05, 0.1) is 5.02 Å². The Hall–Kier alpha value is -1.78. The molecule has 4 N–H and O–H groups in total. The van der Waals surface area contributed by atoms with E-state index in [1.54, 1.807) is 13.0 Å². The molecule has 8 nitrogen and oxygen atoms in total. The summed E-state index contributed by atoms with van der Waals surface area (Å²) in [4.78, 5) is 0. The molecule has 0 amide bonds. The Morgan fingerprint density at radius 3 is 2.59 bits per heavy atom. The van der Waals surface area contributed by atoms with Crippen LogP contribution in [0.2, 0.25) is 5.02 Å². The molecule has 5 rings (SSSR count). The molecule has 27 heavy (non-hydrogen) atoms. The monoisotopic (exact) mass is 398 g/mol. The van der Waals surface area contributed by atoms with Crippen molar-refractivity contribution in [3.63, 3.8) is 0 Å². The van der Waals surface area contributed by atoms with E-state index in [2.05, 4.69) is 20.8 Å². The second-order valence-electron chi connectivity index (χ2n) is 7.34. The number of aromatic nitrogens is 2. The van der Waals surface area contributed by atoms with E-state index in [1.165, 1.54) is 12.1 Å². The van der Waals surface area contributed by atoms with E-state index in [4.69, 9.17) is 20.8 Å². The highest BCUT2D eigenvalue weighted by molar-refractivity contribution is 6.30. The van der Waals surface area contributed by atoms with Gasteiger partial charge in [0.15, 0.2) is 6.23 Å². The Kier molecular flexibility index (Phi) is 4.59. The molecule has 3 fully saturated rings. The minimum absolute atomic E-state index is 0.0190. The number of aliphatic hydroxyl groups is 2. The van der Waals surface area contributed by atoms with Crippen molar-refractivity contribution >= 4 is 11.6 Å². The Bertz CT molecular complexity index is 828. The number of ether oxygens (including phenoxy) is 1. The first kappa shape index (κ1) is 18.6. The number of halogens is 2. The maximum atomic E-state index is 13.4. The highest BCUT2D eigenvalue weighted by atomic mass is 35.5. The molecule has 3 aliphatic rings. The average Bonchev–Trinajstić information content (AvgIpc) is 2.99. The molecule has 0 spiro atoms. The number of hydrogen-bond donors (Lipinski definition) is 4. The Morgan fingerprint density at radius 1 is 1.26 bits per heavy atom. The third-order valence-electron chi connectivity index (χ3n) is 5.02. The number of benzene rings is 1. The van der Waals surface area contributed by atoms with Crippen LogP contribution in [0.15, 0.2) is 22.6 Å². The van der Waals surface area contributed by atoms with Crippen molar-refractivity contribution in [1.29, 1.82) is 0 Å². The number of nitrogens with one attached hydrogen (secondary N) is 2. The lowest BCUT2D eigenvalue weighted by Gasteiger charge is -2.71. The summed E-state index contributed by atoms with van der Waals surface area (Å²) in [5.74, 6) is 0.263. The molecule has 0 aliphatic heterocycles. The SMILES string of the molecule is Cc1nnc(C(O)NC23CC(NC(O)COc4ccc(Cl)c(F)c4)(C2)C3)o1. The Balaban J connectivity index is 1.22. The molecule has 3 aliphatic carbocycles. The summed E-state index contributed by atoms with van der Waals surface area (Å²) >= 11 is 5.62. The topological polar surface area (TPSA) is 113 Å². The van der Waals surface area contributed by atoms with Crippen LogP contribution in [0.5, 0.6) is 5.75 Å². The van der Waals surface area contributed by atoms with Crippen LogP contribution in [0.4, 0.5) is 4.39 Å². The van der Waals surface area contributed by atoms with E-state index >= 15 is 0 Å². The standard InChI is InChI=1S/C17H20ClFN4O4/c1-9-22-23-15(27-9)14(25)21-17-6-16(7-17,8-17)20-13(24)5-26-10-2-3-11(18)12(19)4-10/h2-4,13-14,20-21,24-25H,5-8H2,1H3. The zero-order valence-corrected chi connectivity index (χ0v) is 15.3. The molecule has 1 heterocycles. The van der Waals surface area contributed by atoms with E-state index < -0.39 is 18.3 Å². The van der Waals surface area contributed by atoms with Crippen molar-refractivity contribution in [2.45, 2.75) is 49.7 Å². The second kappa shape index (κ2) is 6.68. The van der Waals surface area contributed by atoms with Crippen molar-refractivity contribution in [2.24, 2.45) is 0 Å². The molecule has 2 bridgehead atoms. The first-order valence-corrected chi connectivity index (χ1v) is 8.95. The summed E-state index contributed by atoms with van der Waals surface area (Å²) in [6.45, 7) is 1.64. The van der Waals surface area contributed by atoms with Crippen molar-refractivity contribution in [3.8, 4) is 5.75 Å². The van der Waals surface area contributed by atoms with Gasteiger partial charge in [-0.15, -0.1) is 10.2 Å². The smallest absolute Gasteiger partial charge is 0.259 e. The van der Waals surface area contributed by atoms with Gasteiger partial charge in [-0.05, 0) is 31.4 Å². The number of hydrogen-bond acceptors (Lipinski definition) is 8. The van der Waals surface area contributed by atoms with E-state index in [0.717, 1.165) is 19.3 Å². The summed E-state index contributed by atoms with van der Waals surface area (Å²) < 4.78 is 24.0. The van der Waals surface area contributed by atoms with Crippen molar-refractivity contribution in [1.82, 2.24) is 20.8 Å². The fourth-order valence-electron chi connectivity index (χ4n) is 4.01. The van der Waals surface area contributed by atoms with Gasteiger partial charge >= 0.3 is 0 Å². The normalized spacial score (nSPS) is 28.2. The number of aliphatic hydroxyl groups excluding tert-OH is 2. The number of rotatable bonds is 8. The van der Waals surface area contributed by atoms with Gasteiger partial charge in [0.25, 0.3) is 5.89 Å². The largest absolute Gasteiger partial charge is 0.489 e. The molecule has 10 heteroatoms. The molecule has 2 unspecified atom stereocenters. The summed E-state index contributed by atoms with van der Waals surface area (Å²) in [5, 5.41) is 34.0. The third-order valence-corrected chi connectivity index (χ3v) is 5.33. The number of aryl methyl sites for hydroxylation is 1. The van der Waals surface area contributed by atoms with Crippen LogP contribution in [0, 0.1) is 12.7 Å². The molecule has 3 saturated carbocycles. The molecule has 2 atom stereocenters. The summed E-state index contributed by atoms with van der Waals surface area (Å²) in [6, 6.07) is 4.12. The summed E-state index contributed by atoms with van der Waals surface area (Å²) in [5.41, 5.74) is -0.389. The zero-order chi connectivity index (χ0) is 19.2. The molecule has 1 aromatic carbocycles. The lowest BCUT2D eigenvalue weighted by atomic mass is 9.44. The third kappa shape index (κ3) is 3.65. The minimum Gasteiger partial charge on any atom is -0.489 e. The molecule has 0 saturated heterocycles. The van der Waals surface area contributed by atoms with E-state index in [9.17, 15) is 14.6 Å². The Labute approximate surface area is 159 Å². The van der Waals surface area contributed by atoms with Crippen molar-refractivity contribution in [3.05, 3.63) is 40.8 Å². The molecular weight excluding hydrogens is 379 g/mol. The molecule has 1 aromatic heterocycles. The van der Waals surface area contributed by atoms with Crippen LogP contribution >= 0.6 is 11.6 Å². The predicted octanol–water partition coefficient (Wildman–Crippen LogP) is 1.41. The fourth-order valence-corrected chi connectivity index (χ4v) is 4.12. The summed E-state index contributed by atoms with van der Waals surface area (Å²) in [7, 11) is 0. The van der Waals surface area contributed by atoms with Crippen LogP contribution in [0.3, 0.4) is 0 Å². The fraction of sp³-hybridized carbons (Fsp3) is 0.529. The zero-order valence-electron chi connectivity index (χ0n) is 14.6. The molecule has 0 radical (unpaired) electrons. The average molecular weight is 399 g/mol. The highest BCUT2D eigenvalue weighted by Crippen LogP contribution is 2.61. The van der Waals surface area contributed by atoms with Crippen LogP contribution in [-0.4, -0.2) is 44.3 Å². The van der Waals surface area contributed by atoms with E-state index in [0.29, 0.717) is 11.6 Å². The van der Waals surface area contributed by atoms with Crippen LogP contribution in [-0.2, 0) is 0 Å². The highest BCUT2D eigenvalue weighted by Gasteiger charge is 2.68. The maximum Gasteiger partial charge on any atom is 0.259 e. The number of nitrogens with zero attached hydrogens (tertiary/aromatic N) is 2. The van der Waals surface area contributed by atoms with Crippen molar-refractivity contribution in [2.75, 3.05) is 6.61 Å². The maximum absolute atomic E-state index is 13.4. The lowest BCUT2D eigenvalue weighted by Crippen LogP contribution is -2.84.